The number of fused-ring (bicyclic) bond motifs is 1. The van der Waals surface area contributed by atoms with Gasteiger partial charge < -0.3 is 15.0 Å². The van der Waals surface area contributed by atoms with Gasteiger partial charge in [0.15, 0.2) is 0 Å². The molecule has 3 heterocycles. The van der Waals surface area contributed by atoms with Crippen LogP contribution < -0.4 is 15.6 Å². The van der Waals surface area contributed by atoms with Crippen LogP contribution in [0.2, 0.25) is 0 Å². The van der Waals surface area contributed by atoms with Gasteiger partial charge in [0.25, 0.3) is 5.56 Å². The fraction of sp³-hybridized carbons (Fsp3) is 0.333. The van der Waals surface area contributed by atoms with E-state index in [9.17, 15) is 9.59 Å². The highest BCUT2D eigenvalue weighted by atomic mass is 16.5. The van der Waals surface area contributed by atoms with Gasteiger partial charge in [0.1, 0.15) is 17.5 Å². The lowest BCUT2D eigenvalue weighted by Gasteiger charge is -2.17. The molecule has 0 radical (unpaired) electrons. The normalized spacial score (nSPS) is 16.7. The smallest absolute Gasteiger partial charge is 0.252 e. The van der Waals surface area contributed by atoms with E-state index in [0.29, 0.717) is 31.2 Å². The second kappa shape index (κ2) is 9.21. The number of aryl methyl sites for hydroxylation is 1. The molecule has 1 fully saturated rings. The summed E-state index contributed by atoms with van der Waals surface area (Å²) in [6, 6.07) is 11.1. The Labute approximate surface area is 186 Å². The van der Waals surface area contributed by atoms with Crippen LogP contribution in [0.15, 0.2) is 60.0 Å². The molecular formula is C24H27N5O3. The Bertz CT molecular complexity index is 1190. The lowest BCUT2D eigenvalue weighted by molar-refractivity contribution is -0.125. The number of anilines is 1. The SMILES string of the molecule is C=CC(=O)N1CC[C@H](Oc2ccc([C@H](C)Nc3ncc4ccc(=O)n(CC)c4n3)cc2)C1. The molecule has 2 atom stereocenters. The van der Waals surface area contributed by atoms with E-state index in [4.69, 9.17) is 4.74 Å². The Morgan fingerprint density at radius 1 is 1.31 bits per heavy atom. The minimum atomic E-state index is -0.0764. The Morgan fingerprint density at radius 3 is 2.81 bits per heavy atom. The largest absolute Gasteiger partial charge is 0.489 e. The number of amides is 1. The Morgan fingerprint density at radius 2 is 2.09 bits per heavy atom. The zero-order valence-corrected chi connectivity index (χ0v) is 18.3. The molecule has 0 bridgehead atoms. The summed E-state index contributed by atoms with van der Waals surface area (Å²) in [7, 11) is 0. The fourth-order valence-corrected chi connectivity index (χ4v) is 3.90. The quantitative estimate of drug-likeness (QED) is 0.576. The molecule has 1 aromatic carbocycles. The summed E-state index contributed by atoms with van der Waals surface area (Å²) in [4.78, 5) is 34.5. The summed E-state index contributed by atoms with van der Waals surface area (Å²) in [5.41, 5.74) is 1.60. The van der Waals surface area contributed by atoms with Crippen LogP contribution >= 0.6 is 0 Å². The maximum Gasteiger partial charge on any atom is 0.252 e. The maximum atomic E-state index is 12.1. The van der Waals surface area contributed by atoms with Crippen LogP contribution in [0.1, 0.15) is 31.9 Å². The summed E-state index contributed by atoms with van der Waals surface area (Å²) in [6.45, 7) is 9.29. The van der Waals surface area contributed by atoms with Crippen molar-refractivity contribution in [2.75, 3.05) is 18.4 Å². The van der Waals surface area contributed by atoms with Gasteiger partial charge in [-0.3, -0.25) is 14.2 Å². The van der Waals surface area contributed by atoms with Crippen LogP contribution in [0.4, 0.5) is 5.95 Å². The molecule has 1 aliphatic heterocycles. The summed E-state index contributed by atoms with van der Waals surface area (Å²) in [5, 5.41) is 4.13. The van der Waals surface area contributed by atoms with Crippen molar-refractivity contribution in [3.05, 3.63) is 71.2 Å². The average molecular weight is 434 g/mol. The molecule has 0 spiro atoms. The molecule has 4 rings (SSSR count). The summed E-state index contributed by atoms with van der Waals surface area (Å²) in [6.07, 6.45) is 3.86. The van der Waals surface area contributed by atoms with Gasteiger partial charge in [-0.2, -0.15) is 4.98 Å². The van der Waals surface area contributed by atoms with E-state index in [1.165, 1.54) is 12.1 Å². The van der Waals surface area contributed by atoms with Gasteiger partial charge in [0, 0.05) is 37.2 Å². The molecule has 8 heteroatoms. The van der Waals surface area contributed by atoms with Crippen molar-refractivity contribution >= 4 is 22.9 Å². The fourth-order valence-electron chi connectivity index (χ4n) is 3.90. The van der Waals surface area contributed by atoms with E-state index >= 15 is 0 Å². The van der Waals surface area contributed by atoms with Gasteiger partial charge in [0.05, 0.1) is 12.6 Å². The van der Waals surface area contributed by atoms with Gasteiger partial charge >= 0.3 is 0 Å². The Kier molecular flexibility index (Phi) is 6.20. The molecule has 0 aliphatic carbocycles. The van der Waals surface area contributed by atoms with Crippen molar-refractivity contribution in [1.82, 2.24) is 19.4 Å². The maximum absolute atomic E-state index is 12.1. The van der Waals surface area contributed by atoms with Crippen LogP contribution in [-0.4, -0.2) is 44.5 Å². The van der Waals surface area contributed by atoms with Crippen molar-refractivity contribution < 1.29 is 9.53 Å². The number of pyridine rings is 1. The highest BCUT2D eigenvalue weighted by Crippen LogP contribution is 2.23. The Balaban J connectivity index is 1.42. The zero-order chi connectivity index (χ0) is 22.7. The molecule has 8 nitrogen and oxygen atoms in total. The molecule has 0 saturated carbocycles. The number of hydrogen-bond donors (Lipinski definition) is 1. The predicted octanol–water partition coefficient (Wildman–Crippen LogP) is 3.15. The molecule has 2 aromatic heterocycles. The molecule has 3 aromatic rings. The molecule has 32 heavy (non-hydrogen) atoms. The van der Waals surface area contributed by atoms with E-state index in [1.807, 2.05) is 38.1 Å². The number of nitrogens with one attached hydrogen (secondary N) is 1. The summed E-state index contributed by atoms with van der Waals surface area (Å²) < 4.78 is 7.66. The highest BCUT2D eigenvalue weighted by Gasteiger charge is 2.26. The number of rotatable bonds is 7. The van der Waals surface area contributed by atoms with Crippen molar-refractivity contribution in [2.45, 2.75) is 39.0 Å². The van der Waals surface area contributed by atoms with Gasteiger partial charge in [0.2, 0.25) is 11.9 Å². The topological polar surface area (TPSA) is 89.4 Å². The Hall–Kier alpha value is -3.68. The molecular weight excluding hydrogens is 406 g/mol. The van der Waals surface area contributed by atoms with E-state index in [2.05, 4.69) is 21.9 Å². The van der Waals surface area contributed by atoms with Gasteiger partial charge in [-0.15, -0.1) is 0 Å². The third-order valence-corrected chi connectivity index (χ3v) is 5.70. The minimum Gasteiger partial charge on any atom is -0.489 e. The number of hydrogen-bond acceptors (Lipinski definition) is 6. The number of nitrogens with zero attached hydrogens (tertiary/aromatic N) is 4. The van der Waals surface area contributed by atoms with E-state index < -0.39 is 0 Å². The monoisotopic (exact) mass is 433 g/mol. The van der Waals surface area contributed by atoms with Crippen LogP contribution in [0.5, 0.6) is 5.75 Å². The third kappa shape index (κ3) is 4.49. The molecule has 166 valence electrons. The molecule has 1 amide bonds. The average Bonchev–Trinajstić information content (AvgIpc) is 3.27. The third-order valence-electron chi connectivity index (χ3n) is 5.70. The lowest BCUT2D eigenvalue weighted by Crippen LogP contribution is -2.29. The number of likely N-dealkylation sites (tertiary alicyclic amines) is 1. The second-order valence-electron chi connectivity index (χ2n) is 7.84. The second-order valence-corrected chi connectivity index (χ2v) is 7.84. The first-order valence-corrected chi connectivity index (χ1v) is 10.8. The predicted molar refractivity (Wildman–Crippen MR) is 124 cm³/mol. The van der Waals surface area contributed by atoms with Gasteiger partial charge in [-0.25, -0.2) is 4.98 Å². The van der Waals surface area contributed by atoms with Crippen LogP contribution in [0.3, 0.4) is 0 Å². The first kappa shape index (κ1) is 21.5. The van der Waals surface area contributed by atoms with Crippen molar-refractivity contribution in [3.63, 3.8) is 0 Å². The molecule has 1 saturated heterocycles. The van der Waals surface area contributed by atoms with Gasteiger partial charge in [-0.05, 0) is 43.7 Å². The zero-order valence-electron chi connectivity index (χ0n) is 18.3. The van der Waals surface area contributed by atoms with Crippen LogP contribution in [0.25, 0.3) is 11.0 Å². The minimum absolute atomic E-state index is 0.0116. The number of carbonyl (C=O) groups is 1. The molecule has 1 N–H and O–H groups in total. The number of aromatic nitrogens is 3. The first-order chi connectivity index (χ1) is 15.5. The summed E-state index contributed by atoms with van der Waals surface area (Å²) in [5.74, 6) is 1.18. The molecule has 0 unspecified atom stereocenters. The molecule has 1 aliphatic rings. The first-order valence-electron chi connectivity index (χ1n) is 10.8. The van der Waals surface area contributed by atoms with Crippen LogP contribution in [-0.2, 0) is 11.3 Å². The van der Waals surface area contributed by atoms with Gasteiger partial charge in [-0.1, -0.05) is 18.7 Å². The van der Waals surface area contributed by atoms with E-state index in [1.54, 1.807) is 21.7 Å². The standard InChI is InChI=1S/C24H27N5O3/c1-4-21(30)28-13-12-20(15-28)32-19-9-6-17(7-10-19)16(3)26-24-25-14-18-8-11-22(31)29(5-2)23(18)27-24/h4,6-11,14,16,20H,1,5,12-13,15H2,2-3H3,(H,25,26,27)/t16-,20-/m0/s1. The van der Waals surface area contributed by atoms with E-state index in [-0.39, 0.29) is 23.6 Å². The lowest BCUT2D eigenvalue weighted by atomic mass is 10.1. The number of carbonyl (C=O) groups excluding carboxylic acids is 1. The van der Waals surface area contributed by atoms with Crippen molar-refractivity contribution in [1.29, 1.82) is 0 Å². The highest BCUT2D eigenvalue weighted by molar-refractivity contribution is 5.87. The summed E-state index contributed by atoms with van der Waals surface area (Å²) >= 11 is 0. The van der Waals surface area contributed by atoms with Crippen molar-refractivity contribution in [2.24, 2.45) is 0 Å². The number of benzene rings is 1. The van der Waals surface area contributed by atoms with Crippen molar-refractivity contribution in [3.8, 4) is 5.75 Å². The van der Waals surface area contributed by atoms with Crippen LogP contribution in [0, 0.1) is 0 Å². The van der Waals surface area contributed by atoms with E-state index in [0.717, 1.165) is 23.1 Å². The number of ether oxygens (including phenoxy) is 1.